The van der Waals surface area contributed by atoms with Gasteiger partial charge in [0.25, 0.3) is 0 Å². The Bertz CT molecular complexity index is 216. The first-order valence-electron chi connectivity index (χ1n) is 5.92. The first-order chi connectivity index (χ1) is 7.10. The topological polar surface area (TPSA) is 29.5 Å². The second-order valence-corrected chi connectivity index (χ2v) is 4.71. The van der Waals surface area contributed by atoms with Crippen LogP contribution in [0.15, 0.2) is 0 Å². The van der Waals surface area contributed by atoms with Crippen LogP contribution in [0.2, 0.25) is 0 Å². The van der Waals surface area contributed by atoms with Crippen LogP contribution >= 0.6 is 0 Å². The van der Waals surface area contributed by atoms with Gasteiger partial charge >= 0.3 is 5.97 Å². The Morgan fingerprint density at radius 1 is 1.47 bits per heavy atom. The fourth-order valence-electron chi connectivity index (χ4n) is 2.37. The van der Waals surface area contributed by atoms with E-state index >= 15 is 0 Å². The summed E-state index contributed by atoms with van der Waals surface area (Å²) in [6.45, 7) is 8.60. The van der Waals surface area contributed by atoms with Crippen LogP contribution in [-0.4, -0.2) is 37.1 Å². The molecule has 0 aromatic heterocycles. The second kappa shape index (κ2) is 5.50. The van der Waals surface area contributed by atoms with Gasteiger partial charge in [0.15, 0.2) is 0 Å². The fourth-order valence-corrected chi connectivity index (χ4v) is 2.37. The van der Waals surface area contributed by atoms with Crippen LogP contribution in [0.4, 0.5) is 0 Å². The smallest absolute Gasteiger partial charge is 0.323 e. The highest BCUT2D eigenvalue weighted by molar-refractivity contribution is 5.75. The second-order valence-electron chi connectivity index (χ2n) is 4.71. The van der Waals surface area contributed by atoms with Gasteiger partial charge < -0.3 is 4.74 Å². The van der Waals surface area contributed by atoms with Crippen LogP contribution in [0, 0.1) is 11.8 Å². The third kappa shape index (κ3) is 2.94. The predicted molar refractivity (Wildman–Crippen MR) is 60.6 cm³/mol. The molecular formula is C12H23NO2. The first-order valence-corrected chi connectivity index (χ1v) is 5.92. The van der Waals surface area contributed by atoms with Crippen molar-refractivity contribution in [1.82, 2.24) is 4.90 Å². The Morgan fingerprint density at radius 3 is 2.60 bits per heavy atom. The monoisotopic (exact) mass is 213 g/mol. The van der Waals surface area contributed by atoms with E-state index in [0.717, 1.165) is 31.8 Å². The third-order valence-corrected chi connectivity index (χ3v) is 3.54. The molecule has 0 spiro atoms. The molecule has 88 valence electrons. The minimum atomic E-state index is -0.0703. The van der Waals surface area contributed by atoms with Crippen LogP contribution in [0.1, 0.15) is 33.6 Å². The number of piperidine rings is 1. The highest BCUT2D eigenvalue weighted by Crippen LogP contribution is 2.27. The van der Waals surface area contributed by atoms with Crippen LogP contribution in [0.5, 0.6) is 0 Å². The van der Waals surface area contributed by atoms with Gasteiger partial charge in [0.1, 0.15) is 6.04 Å². The number of carbonyl (C=O) groups is 1. The van der Waals surface area contributed by atoms with E-state index in [9.17, 15) is 4.79 Å². The number of carbonyl (C=O) groups excluding carboxylic acids is 1. The lowest BCUT2D eigenvalue weighted by atomic mass is 9.85. The summed E-state index contributed by atoms with van der Waals surface area (Å²) < 4.78 is 4.84. The maximum atomic E-state index is 11.5. The quantitative estimate of drug-likeness (QED) is 0.671. The lowest BCUT2D eigenvalue weighted by Gasteiger charge is -2.38. The summed E-state index contributed by atoms with van der Waals surface area (Å²) in [7, 11) is 1.48. The summed E-state index contributed by atoms with van der Waals surface area (Å²) in [4.78, 5) is 13.8. The molecule has 0 bridgehead atoms. The Balaban J connectivity index is 2.60. The average molecular weight is 213 g/mol. The molecule has 1 saturated heterocycles. The predicted octanol–water partition coefficient (Wildman–Crippen LogP) is 1.92. The Labute approximate surface area is 92.8 Å². The Kier molecular flexibility index (Phi) is 4.58. The summed E-state index contributed by atoms with van der Waals surface area (Å²) in [6, 6.07) is -0.00463. The molecule has 1 aliphatic rings. The van der Waals surface area contributed by atoms with E-state index in [0.29, 0.717) is 5.92 Å². The Morgan fingerprint density at radius 2 is 2.13 bits per heavy atom. The van der Waals surface area contributed by atoms with Crippen molar-refractivity contribution in [2.45, 2.75) is 39.7 Å². The van der Waals surface area contributed by atoms with Crippen LogP contribution in [0.3, 0.4) is 0 Å². The van der Waals surface area contributed by atoms with E-state index in [2.05, 4.69) is 25.7 Å². The molecule has 2 unspecified atom stereocenters. The van der Waals surface area contributed by atoms with Crippen LogP contribution in [0.25, 0.3) is 0 Å². The van der Waals surface area contributed by atoms with Crippen molar-refractivity contribution >= 4 is 5.97 Å². The van der Waals surface area contributed by atoms with Gasteiger partial charge in [-0.3, -0.25) is 9.69 Å². The van der Waals surface area contributed by atoms with E-state index in [-0.39, 0.29) is 12.0 Å². The van der Waals surface area contributed by atoms with Gasteiger partial charge in [-0.25, -0.2) is 0 Å². The average Bonchev–Trinajstić information content (AvgIpc) is 2.27. The minimum Gasteiger partial charge on any atom is -0.468 e. The molecule has 0 aromatic carbocycles. The molecule has 1 aliphatic heterocycles. The van der Waals surface area contributed by atoms with Crippen molar-refractivity contribution in [3.63, 3.8) is 0 Å². The molecule has 2 atom stereocenters. The number of rotatable bonds is 3. The van der Waals surface area contributed by atoms with Gasteiger partial charge in [0.05, 0.1) is 7.11 Å². The van der Waals surface area contributed by atoms with Gasteiger partial charge in [0, 0.05) is 6.54 Å². The van der Waals surface area contributed by atoms with Crippen molar-refractivity contribution < 1.29 is 9.53 Å². The molecular weight excluding hydrogens is 190 g/mol. The highest BCUT2D eigenvalue weighted by Gasteiger charge is 2.33. The number of likely N-dealkylation sites (tertiary alicyclic amines) is 1. The summed E-state index contributed by atoms with van der Waals surface area (Å²) in [5.41, 5.74) is 0. The molecule has 1 heterocycles. The number of hydrogen-bond donors (Lipinski definition) is 0. The number of hydrogen-bond acceptors (Lipinski definition) is 3. The number of likely N-dealkylation sites (N-methyl/N-ethyl adjacent to an activating group) is 1. The molecule has 1 rings (SSSR count). The summed E-state index contributed by atoms with van der Waals surface area (Å²) in [5, 5.41) is 0. The van der Waals surface area contributed by atoms with Crippen molar-refractivity contribution in [2.24, 2.45) is 11.8 Å². The Hall–Kier alpha value is -0.570. The lowest BCUT2D eigenvalue weighted by molar-refractivity contribution is -0.149. The molecule has 0 N–H and O–H groups in total. The normalized spacial score (nSPS) is 28.1. The van der Waals surface area contributed by atoms with Gasteiger partial charge in [-0.2, -0.15) is 0 Å². The zero-order valence-electron chi connectivity index (χ0n) is 10.3. The van der Waals surface area contributed by atoms with Crippen molar-refractivity contribution in [3.8, 4) is 0 Å². The first kappa shape index (κ1) is 12.5. The number of ether oxygens (including phenoxy) is 1. The summed E-state index contributed by atoms with van der Waals surface area (Å²) >= 11 is 0. The van der Waals surface area contributed by atoms with E-state index in [1.165, 1.54) is 7.11 Å². The zero-order valence-corrected chi connectivity index (χ0v) is 10.3. The van der Waals surface area contributed by atoms with Gasteiger partial charge in [-0.15, -0.1) is 0 Å². The van der Waals surface area contributed by atoms with Crippen molar-refractivity contribution in [2.75, 3.05) is 20.2 Å². The number of esters is 1. The van der Waals surface area contributed by atoms with E-state index in [1.54, 1.807) is 0 Å². The van der Waals surface area contributed by atoms with Crippen molar-refractivity contribution in [3.05, 3.63) is 0 Å². The van der Waals surface area contributed by atoms with Gasteiger partial charge in [0.2, 0.25) is 0 Å². The standard InChI is InChI=1S/C12H23NO2/c1-5-13-8-10(9(2)3)6-7-11(13)12(14)15-4/h9-11H,5-8H2,1-4H3. The molecule has 1 fully saturated rings. The maximum absolute atomic E-state index is 11.5. The molecule has 0 radical (unpaired) electrons. The molecule has 3 heteroatoms. The summed E-state index contributed by atoms with van der Waals surface area (Å²) in [5.74, 6) is 1.36. The van der Waals surface area contributed by atoms with E-state index in [1.807, 2.05) is 0 Å². The van der Waals surface area contributed by atoms with Crippen LogP contribution < -0.4 is 0 Å². The zero-order chi connectivity index (χ0) is 11.4. The fraction of sp³-hybridized carbons (Fsp3) is 0.917. The SMILES string of the molecule is CCN1CC(C(C)C)CCC1C(=O)OC. The highest BCUT2D eigenvalue weighted by atomic mass is 16.5. The molecule has 3 nitrogen and oxygen atoms in total. The molecule has 0 saturated carbocycles. The minimum absolute atomic E-state index is 0.00463. The van der Waals surface area contributed by atoms with Gasteiger partial charge in [-0.1, -0.05) is 20.8 Å². The maximum Gasteiger partial charge on any atom is 0.323 e. The third-order valence-electron chi connectivity index (χ3n) is 3.54. The molecule has 0 aromatic rings. The largest absolute Gasteiger partial charge is 0.468 e. The van der Waals surface area contributed by atoms with Crippen LogP contribution in [-0.2, 0) is 9.53 Å². The van der Waals surface area contributed by atoms with E-state index < -0.39 is 0 Å². The molecule has 15 heavy (non-hydrogen) atoms. The number of methoxy groups -OCH3 is 1. The molecule has 0 aliphatic carbocycles. The molecule has 0 amide bonds. The summed E-state index contributed by atoms with van der Waals surface area (Å²) in [6.07, 6.45) is 2.09. The lowest BCUT2D eigenvalue weighted by Crippen LogP contribution is -2.48. The number of nitrogens with zero attached hydrogens (tertiary/aromatic N) is 1. The van der Waals surface area contributed by atoms with Crippen molar-refractivity contribution in [1.29, 1.82) is 0 Å². The van der Waals surface area contributed by atoms with Gasteiger partial charge in [-0.05, 0) is 31.2 Å². The van der Waals surface area contributed by atoms with E-state index in [4.69, 9.17) is 4.74 Å².